The molecule has 0 atom stereocenters. The minimum absolute atomic E-state index is 0.0972. The molecular formula is C22H26N2O3. The van der Waals surface area contributed by atoms with Crippen LogP contribution in [0.2, 0.25) is 0 Å². The molecule has 1 aromatic heterocycles. The maximum absolute atomic E-state index is 12.0. The highest BCUT2D eigenvalue weighted by molar-refractivity contribution is 6.08. The van der Waals surface area contributed by atoms with Gasteiger partial charge in [0.05, 0.1) is 25.6 Å². The van der Waals surface area contributed by atoms with Crippen molar-refractivity contribution >= 4 is 11.9 Å². The van der Waals surface area contributed by atoms with E-state index in [1.807, 2.05) is 19.1 Å². The molecule has 0 aliphatic carbocycles. The highest BCUT2D eigenvalue weighted by Gasteiger charge is 2.14. The van der Waals surface area contributed by atoms with Crippen LogP contribution >= 0.6 is 0 Å². The third-order valence-electron chi connectivity index (χ3n) is 4.20. The second-order valence-electron chi connectivity index (χ2n) is 5.98. The molecule has 0 aliphatic rings. The second kappa shape index (κ2) is 9.57. The van der Waals surface area contributed by atoms with Gasteiger partial charge in [-0.05, 0) is 49.3 Å². The van der Waals surface area contributed by atoms with Crippen molar-refractivity contribution in [1.82, 2.24) is 10.2 Å². The molecule has 5 nitrogen and oxygen atoms in total. The smallest absolute Gasteiger partial charge is 0.185 e. The number of allylic oxidation sites excluding steroid dienone is 4. The fourth-order valence-corrected chi connectivity index (χ4v) is 2.84. The third-order valence-corrected chi connectivity index (χ3v) is 4.20. The number of ketones is 1. The molecule has 0 spiro atoms. The number of hydrogen-bond donors (Lipinski definition) is 1. The molecule has 0 unspecified atom stereocenters. The number of benzene rings is 1. The first-order valence-electron chi connectivity index (χ1n) is 8.89. The van der Waals surface area contributed by atoms with Crippen LogP contribution in [0.3, 0.4) is 0 Å². The van der Waals surface area contributed by atoms with Gasteiger partial charge in [-0.25, -0.2) is 0 Å². The summed E-state index contributed by atoms with van der Waals surface area (Å²) < 4.78 is 11.0. The number of aryl methyl sites for hydroxylation is 1. The number of hydrogen-bond acceptors (Lipinski definition) is 4. The first-order chi connectivity index (χ1) is 13.1. The fraction of sp³-hybridized carbons (Fsp3) is 0.273. The van der Waals surface area contributed by atoms with Gasteiger partial charge in [0.2, 0.25) is 0 Å². The molecule has 27 heavy (non-hydrogen) atoms. The lowest BCUT2D eigenvalue weighted by atomic mass is 10.0. The molecule has 0 aliphatic heterocycles. The van der Waals surface area contributed by atoms with E-state index in [4.69, 9.17) is 9.47 Å². The Labute approximate surface area is 160 Å². The van der Waals surface area contributed by atoms with Crippen LogP contribution in [-0.2, 0) is 11.2 Å². The number of nitrogens with one attached hydrogen (secondary N) is 1. The second-order valence-corrected chi connectivity index (χ2v) is 5.98. The first-order valence-corrected chi connectivity index (χ1v) is 8.89. The van der Waals surface area contributed by atoms with Gasteiger partial charge in [-0.1, -0.05) is 32.1 Å². The lowest BCUT2D eigenvalue weighted by molar-refractivity contribution is -0.111. The molecule has 0 amide bonds. The summed E-state index contributed by atoms with van der Waals surface area (Å²) >= 11 is 0. The first kappa shape index (κ1) is 20.2. The zero-order valence-corrected chi connectivity index (χ0v) is 16.3. The van der Waals surface area contributed by atoms with Gasteiger partial charge in [-0.15, -0.1) is 0 Å². The Hall–Kier alpha value is -3.08. The Balaban J connectivity index is 2.34. The lowest BCUT2D eigenvalue weighted by Crippen LogP contribution is -1.97. The van der Waals surface area contributed by atoms with Crippen molar-refractivity contribution in [2.24, 2.45) is 0 Å². The van der Waals surface area contributed by atoms with Crippen LogP contribution in [0, 0.1) is 0 Å². The predicted molar refractivity (Wildman–Crippen MR) is 109 cm³/mol. The van der Waals surface area contributed by atoms with Crippen LogP contribution in [0.5, 0.6) is 11.5 Å². The minimum atomic E-state index is -0.0972. The highest BCUT2D eigenvalue weighted by atomic mass is 16.5. The van der Waals surface area contributed by atoms with E-state index in [1.54, 1.807) is 32.4 Å². The molecule has 0 saturated carbocycles. The third kappa shape index (κ3) is 4.76. The number of carbonyl (C=O) groups is 1. The topological polar surface area (TPSA) is 64.2 Å². The lowest BCUT2D eigenvalue weighted by Gasteiger charge is -2.14. The Kier molecular flexibility index (Phi) is 7.17. The summed E-state index contributed by atoms with van der Waals surface area (Å²) in [5.41, 5.74) is 4.09. The molecule has 142 valence electrons. The van der Waals surface area contributed by atoms with Crippen LogP contribution in [0.25, 0.3) is 17.3 Å². The van der Waals surface area contributed by atoms with E-state index in [9.17, 15) is 4.79 Å². The Bertz CT molecular complexity index is 876. The van der Waals surface area contributed by atoms with Crippen LogP contribution in [0.15, 0.2) is 48.6 Å². The number of ether oxygens (including phenoxy) is 2. The molecule has 1 aromatic carbocycles. The largest absolute Gasteiger partial charge is 0.493 e. The molecule has 2 aromatic rings. The van der Waals surface area contributed by atoms with E-state index in [-0.39, 0.29) is 5.78 Å². The average molecular weight is 366 g/mol. The molecule has 0 saturated heterocycles. The maximum atomic E-state index is 12.0. The Morgan fingerprint density at radius 1 is 1.26 bits per heavy atom. The van der Waals surface area contributed by atoms with Gasteiger partial charge < -0.3 is 9.47 Å². The molecular weight excluding hydrogens is 340 g/mol. The number of aromatic amines is 1. The maximum Gasteiger partial charge on any atom is 0.185 e. The Morgan fingerprint density at radius 2 is 2.04 bits per heavy atom. The van der Waals surface area contributed by atoms with Crippen molar-refractivity contribution < 1.29 is 14.3 Å². The monoisotopic (exact) mass is 366 g/mol. The summed E-state index contributed by atoms with van der Waals surface area (Å²) in [6, 6.07) is 5.86. The number of methoxy groups -OCH3 is 2. The van der Waals surface area contributed by atoms with Crippen molar-refractivity contribution in [3.05, 3.63) is 59.8 Å². The van der Waals surface area contributed by atoms with Gasteiger partial charge >= 0.3 is 0 Å². The summed E-state index contributed by atoms with van der Waals surface area (Å²) in [6.07, 6.45) is 8.37. The van der Waals surface area contributed by atoms with Crippen LogP contribution < -0.4 is 9.47 Å². The molecule has 1 N–H and O–H groups in total. The zero-order valence-electron chi connectivity index (χ0n) is 16.3. The van der Waals surface area contributed by atoms with E-state index in [0.717, 1.165) is 41.1 Å². The van der Waals surface area contributed by atoms with Gasteiger partial charge in [0.25, 0.3) is 0 Å². The van der Waals surface area contributed by atoms with Gasteiger partial charge in [-0.2, -0.15) is 5.10 Å². The van der Waals surface area contributed by atoms with Crippen molar-refractivity contribution in [2.45, 2.75) is 26.7 Å². The summed E-state index contributed by atoms with van der Waals surface area (Å²) in [5.74, 6) is 1.34. The summed E-state index contributed by atoms with van der Waals surface area (Å²) in [5, 5.41) is 7.31. The van der Waals surface area contributed by atoms with Crippen LogP contribution in [-0.4, -0.2) is 30.2 Å². The summed E-state index contributed by atoms with van der Waals surface area (Å²) in [4.78, 5) is 12.0. The number of rotatable bonds is 9. The van der Waals surface area contributed by atoms with Gasteiger partial charge in [0.1, 0.15) is 0 Å². The summed E-state index contributed by atoms with van der Waals surface area (Å²) in [6.45, 7) is 7.57. The molecule has 2 rings (SSSR count). The van der Waals surface area contributed by atoms with Gasteiger partial charge in [0.15, 0.2) is 17.3 Å². The summed E-state index contributed by atoms with van der Waals surface area (Å²) in [7, 11) is 3.27. The van der Waals surface area contributed by atoms with E-state index < -0.39 is 0 Å². The van der Waals surface area contributed by atoms with Crippen LogP contribution in [0.4, 0.5) is 0 Å². The number of nitrogens with zero attached hydrogens (tertiary/aromatic N) is 1. The van der Waals surface area contributed by atoms with Gasteiger partial charge in [-0.3, -0.25) is 9.89 Å². The van der Waals surface area contributed by atoms with E-state index >= 15 is 0 Å². The van der Waals surface area contributed by atoms with E-state index in [0.29, 0.717) is 11.3 Å². The Morgan fingerprint density at radius 3 is 2.63 bits per heavy atom. The molecule has 0 radical (unpaired) electrons. The quantitative estimate of drug-likeness (QED) is 0.513. The molecule has 1 heterocycles. The standard InChI is InChI=1S/C22H26N2O3/c1-6-9-16-12-17(13-21(26-4)22(16)27-5)19-14-18(23-24-19)10-11-20(25)15(7-2)8-3/h7-8,10-14H,2,6,9H2,1,3-5H3,(H,23,24)/b11-10+,15-8+. The number of aromatic nitrogens is 2. The highest BCUT2D eigenvalue weighted by Crippen LogP contribution is 2.36. The zero-order chi connectivity index (χ0) is 19.8. The van der Waals surface area contributed by atoms with Crippen molar-refractivity contribution in [3.63, 3.8) is 0 Å². The van der Waals surface area contributed by atoms with Crippen molar-refractivity contribution in [3.8, 4) is 22.8 Å². The molecule has 0 bridgehead atoms. The van der Waals surface area contributed by atoms with E-state index in [1.165, 1.54) is 6.08 Å². The molecule has 5 heteroatoms. The SMILES string of the molecule is C=C/C(=C\C)C(=O)/C=C/c1cc(-c2cc(CCC)c(OC)c(OC)c2)n[nH]1. The fourth-order valence-electron chi connectivity index (χ4n) is 2.84. The normalized spacial score (nSPS) is 11.6. The predicted octanol–water partition coefficient (Wildman–Crippen LogP) is 4.76. The van der Waals surface area contributed by atoms with Crippen molar-refractivity contribution in [2.75, 3.05) is 14.2 Å². The number of carbonyl (C=O) groups excluding carboxylic acids is 1. The van der Waals surface area contributed by atoms with Gasteiger partial charge in [0, 0.05) is 11.1 Å². The van der Waals surface area contributed by atoms with E-state index in [2.05, 4.69) is 29.8 Å². The molecule has 0 fully saturated rings. The minimum Gasteiger partial charge on any atom is -0.493 e. The average Bonchev–Trinajstić information content (AvgIpc) is 3.16. The van der Waals surface area contributed by atoms with Crippen molar-refractivity contribution in [1.29, 1.82) is 0 Å². The van der Waals surface area contributed by atoms with Crippen LogP contribution in [0.1, 0.15) is 31.5 Å². The number of H-pyrrole nitrogens is 1.